The van der Waals surface area contributed by atoms with Crippen molar-refractivity contribution in [1.82, 2.24) is 0 Å². The number of esters is 1. The number of carbonyl (C=O) groups excluding carboxylic acids is 1. The Balaban J connectivity index is 2.14. The number of fused-ring (bicyclic) bond motifs is 1. The Kier molecular flexibility index (Phi) is 4.15. The first-order valence-electron chi connectivity index (χ1n) is 6.12. The van der Waals surface area contributed by atoms with Gasteiger partial charge >= 0.3 is 5.97 Å². The molecule has 3 nitrogen and oxygen atoms in total. The van der Waals surface area contributed by atoms with Crippen molar-refractivity contribution < 1.29 is 14.3 Å². The first-order valence-corrected chi connectivity index (χ1v) is 6.12. The fourth-order valence-electron chi connectivity index (χ4n) is 2.12. The van der Waals surface area contributed by atoms with Gasteiger partial charge in [-0.1, -0.05) is 18.2 Å². The molecule has 1 aliphatic carbocycles. The fourth-order valence-corrected chi connectivity index (χ4v) is 2.12. The van der Waals surface area contributed by atoms with Crippen LogP contribution in [-0.4, -0.2) is 25.8 Å². The zero-order valence-electron chi connectivity index (χ0n) is 10.1. The van der Waals surface area contributed by atoms with E-state index in [1.54, 1.807) is 6.08 Å². The van der Waals surface area contributed by atoms with Gasteiger partial charge in [-0.25, -0.2) is 4.79 Å². The first kappa shape index (κ1) is 12.1. The molecule has 0 aromatic rings. The maximum Gasteiger partial charge on any atom is 0.331 e. The Morgan fingerprint density at radius 3 is 3.35 bits per heavy atom. The Morgan fingerprint density at radius 2 is 2.53 bits per heavy atom. The van der Waals surface area contributed by atoms with Crippen LogP contribution in [0.4, 0.5) is 0 Å². The van der Waals surface area contributed by atoms with Gasteiger partial charge in [-0.2, -0.15) is 0 Å². The SMILES string of the molecule is CCOC(=O)/C=C1/C=C2/COCC2/C=C\CC1. The van der Waals surface area contributed by atoms with Gasteiger partial charge in [-0.15, -0.1) is 0 Å². The van der Waals surface area contributed by atoms with Gasteiger partial charge in [0.05, 0.1) is 19.8 Å². The predicted molar refractivity (Wildman–Crippen MR) is 65.5 cm³/mol. The minimum atomic E-state index is -0.251. The highest BCUT2D eigenvalue weighted by atomic mass is 16.5. The molecule has 0 amide bonds. The minimum Gasteiger partial charge on any atom is -0.463 e. The van der Waals surface area contributed by atoms with Crippen molar-refractivity contribution in [2.75, 3.05) is 19.8 Å². The van der Waals surface area contributed by atoms with Crippen LogP contribution in [-0.2, 0) is 14.3 Å². The lowest BCUT2D eigenvalue weighted by Gasteiger charge is -2.10. The van der Waals surface area contributed by atoms with Crippen LogP contribution in [0.15, 0.2) is 35.5 Å². The second-order valence-electron chi connectivity index (χ2n) is 4.28. The molecule has 3 heteroatoms. The van der Waals surface area contributed by atoms with E-state index in [0.29, 0.717) is 19.1 Å². The summed E-state index contributed by atoms with van der Waals surface area (Å²) >= 11 is 0. The summed E-state index contributed by atoms with van der Waals surface area (Å²) in [5, 5.41) is 0. The summed E-state index contributed by atoms with van der Waals surface area (Å²) in [6.45, 7) is 3.67. The summed E-state index contributed by atoms with van der Waals surface area (Å²) in [5.41, 5.74) is 2.30. The van der Waals surface area contributed by atoms with Gasteiger partial charge in [0.1, 0.15) is 0 Å². The quantitative estimate of drug-likeness (QED) is 0.418. The molecule has 1 heterocycles. The van der Waals surface area contributed by atoms with E-state index >= 15 is 0 Å². The van der Waals surface area contributed by atoms with Crippen molar-refractivity contribution in [3.63, 3.8) is 0 Å². The Morgan fingerprint density at radius 1 is 1.65 bits per heavy atom. The highest BCUT2D eigenvalue weighted by Crippen LogP contribution is 2.26. The maximum absolute atomic E-state index is 11.4. The van der Waals surface area contributed by atoms with E-state index in [-0.39, 0.29) is 5.97 Å². The summed E-state index contributed by atoms with van der Waals surface area (Å²) in [5.74, 6) is 0.139. The van der Waals surface area contributed by atoms with E-state index < -0.39 is 0 Å². The van der Waals surface area contributed by atoms with Crippen LogP contribution in [0.3, 0.4) is 0 Å². The third-order valence-corrected chi connectivity index (χ3v) is 2.97. The Labute approximate surface area is 102 Å². The van der Waals surface area contributed by atoms with Gasteiger partial charge in [-0.3, -0.25) is 0 Å². The molecule has 0 aromatic carbocycles. The Bertz CT molecular complexity index is 377. The van der Waals surface area contributed by atoms with E-state index in [9.17, 15) is 4.79 Å². The van der Waals surface area contributed by atoms with Gasteiger partial charge < -0.3 is 9.47 Å². The molecule has 1 atom stereocenters. The first-order chi connectivity index (χ1) is 8.29. The van der Waals surface area contributed by atoms with Crippen LogP contribution >= 0.6 is 0 Å². The van der Waals surface area contributed by atoms with Crippen molar-refractivity contribution in [2.24, 2.45) is 5.92 Å². The van der Waals surface area contributed by atoms with Crippen molar-refractivity contribution >= 4 is 5.97 Å². The monoisotopic (exact) mass is 234 g/mol. The van der Waals surface area contributed by atoms with Crippen LogP contribution in [0.25, 0.3) is 0 Å². The van der Waals surface area contributed by atoms with Gasteiger partial charge in [0.15, 0.2) is 0 Å². The second-order valence-corrected chi connectivity index (χ2v) is 4.28. The molecule has 0 bridgehead atoms. The van der Waals surface area contributed by atoms with Crippen molar-refractivity contribution in [3.8, 4) is 0 Å². The zero-order chi connectivity index (χ0) is 12.1. The average Bonchev–Trinajstić information content (AvgIpc) is 2.68. The molecule has 1 aliphatic heterocycles. The molecule has 0 aromatic heterocycles. The summed E-state index contributed by atoms with van der Waals surface area (Å²) < 4.78 is 10.4. The summed E-state index contributed by atoms with van der Waals surface area (Å²) in [4.78, 5) is 11.4. The highest BCUT2D eigenvalue weighted by Gasteiger charge is 2.20. The van der Waals surface area contributed by atoms with Gasteiger partial charge in [0.25, 0.3) is 0 Å². The molecule has 1 fully saturated rings. The number of ether oxygens (including phenoxy) is 2. The van der Waals surface area contributed by atoms with E-state index in [1.165, 1.54) is 5.57 Å². The zero-order valence-corrected chi connectivity index (χ0v) is 10.1. The minimum absolute atomic E-state index is 0.251. The number of hydrogen-bond acceptors (Lipinski definition) is 3. The summed E-state index contributed by atoms with van der Waals surface area (Å²) in [7, 11) is 0. The van der Waals surface area contributed by atoms with Crippen LogP contribution in [0.1, 0.15) is 19.8 Å². The Hall–Kier alpha value is -1.35. The maximum atomic E-state index is 11.4. The molecule has 1 unspecified atom stereocenters. The number of hydrogen-bond donors (Lipinski definition) is 0. The number of carbonyl (C=O) groups is 1. The molecule has 0 N–H and O–H groups in total. The molecule has 92 valence electrons. The standard InChI is InChI=1S/C14H18O3/c1-2-17-14(15)8-11-5-3-4-6-12-9-16-10-13(12)7-11/h4,6-8,12H,2-3,5,9-10H2,1H3/b6-4-,11-8+,13-7-. The molecule has 2 rings (SSSR count). The van der Waals surface area contributed by atoms with Gasteiger partial charge in [0, 0.05) is 12.0 Å². The molecule has 1 saturated heterocycles. The van der Waals surface area contributed by atoms with Crippen LogP contribution < -0.4 is 0 Å². The third-order valence-electron chi connectivity index (χ3n) is 2.97. The second kappa shape index (κ2) is 5.82. The van der Waals surface area contributed by atoms with Gasteiger partial charge in [-0.05, 0) is 30.9 Å². The number of rotatable bonds is 2. The molecule has 2 aliphatic rings. The highest BCUT2D eigenvalue weighted by molar-refractivity contribution is 5.83. The van der Waals surface area contributed by atoms with Crippen molar-refractivity contribution in [3.05, 3.63) is 35.5 Å². The van der Waals surface area contributed by atoms with Crippen molar-refractivity contribution in [1.29, 1.82) is 0 Å². The third kappa shape index (κ3) is 3.30. The topological polar surface area (TPSA) is 35.5 Å². The molecule has 0 saturated carbocycles. The van der Waals surface area contributed by atoms with E-state index in [0.717, 1.165) is 25.0 Å². The lowest BCUT2D eigenvalue weighted by molar-refractivity contribution is -0.137. The predicted octanol–water partition coefficient (Wildman–Crippen LogP) is 2.40. The molecule has 0 radical (unpaired) electrons. The summed E-state index contributed by atoms with van der Waals surface area (Å²) in [6.07, 6.45) is 9.92. The normalized spacial score (nSPS) is 31.0. The summed E-state index contributed by atoms with van der Waals surface area (Å²) in [6, 6.07) is 0. The van der Waals surface area contributed by atoms with E-state index in [4.69, 9.17) is 9.47 Å². The van der Waals surface area contributed by atoms with Gasteiger partial charge in [0.2, 0.25) is 0 Å². The molecule has 0 spiro atoms. The van der Waals surface area contributed by atoms with E-state index in [2.05, 4.69) is 18.2 Å². The largest absolute Gasteiger partial charge is 0.463 e. The van der Waals surface area contributed by atoms with Crippen LogP contribution in [0.5, 0.6) is 0 Å². The smallest absolute Gasteiger partial charge is 0.331 e. The van der Waals surface area contributed by atoms with Crippen LogP contribution in [0.2, 0.25) is 0 Å². The van der Waals surface area contributed by atoms with E-state index in [1.807, 2.05) is 6.92 Å². The molecular formula is C14H18O3. The number of allylic oxidation sites excluding steroid dienone is 3. The van der Waals surface area contributed by atoms with Crippen LogP contribution in [0, 0.1) is 5.92 Å². The lowest BCUT2D eigenvalue weighted by atomic mass is 9.94. The lowest BCUT2D eigenvalue weighted by Crippen LogP contribution is -2.03. The molecular weight excluding hydrogens is 216 g/mol. The average molecular weight is 234 g/mol. The molecule has 17 heavy (non-hydrogen) atoms. The van der Waals surface area contributed by atoms with Crippen molar-refractivity contribution in [2.45, 2.75) is 19.8 Å². The fraction of sp³-hybridized carbons (Fsp3) is 0.500.